The molecule has 0 bridgehead atoms. The number of nitrogens with two attached hydrogens (primary N) is 1. The van der Waals surface area contributed by atoms with E-state index in [9.17, 15) is 13.2 Å². The molecule has 2 rings (SSSR count). The van der Waals surface area contributed by atoms with E-state index in [0.717, 1.165) is 4.88 Å². The molecule has 4 N–H and O–H groups in total. The lowest BCUT2D eigenvalue weighted by molar-refractivity contribution is -0.198. The van der Waals surface area contributed by atoms with Gasteiger partial charge < -0.3 is 16.2 Å². The molecule has 19 heavy (non-hydrogen) atoms. The average Bonchev–Trinajstić information content (AvgIpc) is 2.64. The number of alkyl halides is 3. The molecule has 104 valence electrons. The predicted octanol–water partition coefficient (Wildman–Crippen LogP) is 1.92. The van der Waals surface area contributed by atoms with Gasteiger partial charge in [-0.05, 0) is 13.0 Å². The molecule has 0 saturated heterocycles. The number of aliphatic hydroxyl groups excluding tert-OH is 1. The van der Waals surface area contributed by atoms with Gasteiger partial charge in [-0.25, -0.2) is 4.98 Å². The molecule has 1 unspecified atom stereocenters. The smallest absolute Gasteiger partial charge is 0.382 e. The Morgan fingerprint density at radius 2 is 2.16 bits per heavy atom. The zero-order valence-corrected chi connectivity index (χ0v) is 10.6. The molecule has 0 aliphatic rings. The van der Waals surface area contributed by atoms with Crippen molar-refractivity contribution in [1.29, 1.82) is 0 Å². The molecule has 0 amide bonds. The third-order valence-electron chi connectivity index (χ3n) is 2.37. The first-order valence-electron chi connectivity index (χ1n) is 5.29. The van der Waals surface area contributed by atoms with Gasteiger partial charge in [0.2, 0.25) is 5.95 Å². The van der Waals surface area contributed by atoms with Gasteiger partial charge in [-0.2, -0.15) is 18.2 Å². The standard InChI is InChI=1S/C10H11F3N4OS/c1-4-2-5-7(15-3-6(18)10(11,12)13)16-9(14)17-8(5)19-4/h2,6,18H,3H2,1H3,(H3,14,15,16,17). The van der Waals surface area contributed by atoms with Crippen LogP contribution in [0.4, 0.5) is 24.9 Å². The monoisotopic (exact) mass is 292 g/mol. The van der Waals surface area contributed by atoms with Gasteiger partial charge in [0, 0.05) is 4.88 Å². The number of hydrogen-bond acceptors (Lipinski definition) is 6. The summed E-state index contributed by atoms with van der Waals surface area (Å²) in [7, 11) is 0. The van der Waals surface area contributed by atoms with Crippen molar-refractivity contribution < 1.29 is 18.3 Å². The minimum absolute atomic E-state index is 0.0293. The summed E-state index contributed by atoms with van der Waals surface area (Å²) < 4.78 is 36.6. The highest BCUT2D eigenvalue weighted by atomic mass is 32.1. The Balaban J connectivity index is 2.25. The van der Waals surface area contributed by atoms with Crippen molar-refractivity contribution in [3.8, 4) is 0 Å². The Labute approximate surface area is 110 Å². The number of nitrogens with zero attached hydrogens (tertiary/aromatic N) is 2. The lowest BCUT2D eigenvalue weighted by Crippen LogP contribution is -2.35. The van der Waals surface area contributed by atoms with Gasteiger partial charge in [0.15, 0.2) is 6.10 Å². The highest BCUT2D eigenvalue weighted by Crippen LogP contribution is 2.29. The molecule has 0 aromatic carbocycles. The van der Waals surface area contributed by atoms with E-state index in [4.69, 9.17) is 10.8 Å². The second-order valence-electron chi connectivity index (χ2n) is 3.94. The maximum Gasteiger partial charge on any atom is 0.416 e. The van der Waals surface area contributed by atoms with Gasteiger partial charge in [0.05, 0.1) is 11.9 Å². The van der Waals surface area contributed by atoms with Crippen LogP contribution in [0.25, 0.3) is 10.2 Å². The Hall–Kier alpha value is -1.61. The van der Waals surface area contributed by atoms with E-state index in [1.807, 2.05) is 6.92 Å². The second kappa shape index (κ2) is 4.82. The van der Waals surface area contributed by atoms with Crippen molar-refractivity contribution in [3.63, 3.8) is 0 Å². The number of aliphatic hydroxyl groups is 1. The van der Waals surface area contributed by atoms with E-state index in [-0.39, 0.29) is 11.8 Å². The summed E-state index contributed by atoms with van der Waals surface area (Å²) in [4.78, 5) is 9.38. The van der Waals surface area contributed by atoms with Gasteiger partial charge in [-0.1, -0.05) is 0 Å². The van der Waals surface area contributed by atoms with E-state index in [2.05, 4.69) is 15.3 Å². The lowest BCUT2D eigenvalue weighted by Gasteiger charge is -2.15. The van der Waals surface area contributed by atoms with Crippen molar-refractivity contribution in [2.45, 2.75) is 19.2 Å². The molecule has 0 aliphatic heterocycles. The largest absolute Gasteiger partial charge is 0.416 e. The Morgan fingerprint density at radius 1 is 1.47 bits per heavy atom. The van der Waals surface area contributed by atoms with Crippen LogP contribution in [-0.4, -0.2) is 33.9 Å². The number of hydrogen-bond donors (Lipinski definition) is 3. The zero-order chi connectivity index (χ0) is 14.2. The molecule has 5 nitrogen and oxygen atoms in total. The minimum atomic E-state index is -4.67. The van der Waals surface area contributed by atoms with Crippen LogP contribution in [-0.2, 0) is 0 Å². The second-order valence-corrected chi connectivity index (χ2v) is 5.18. The third kappa shape index (κ3) is 3.04. The van der Waals surface area contributed by atoms with Crippen molar-refractivity contribution in [3.05, 3.63) is 10.9 Å². The number of fused-ring (bicyclic) bond motifs is 1. The maximum atomic E-state index is 12.2. The van der Waals surface area contributed by atoms with Crippen molar-refractivity contribution >= 4 is 33.3 Å². The Kier molecular flexibility index (Phi) is 3.50. The fraction of sp³-hybridized carbons (Fsp3) is 0.400. The summed E-state index contributed by atoms with van der Waals surface area (Å²) in [5.41, 5.74) is 5.49. The van der Waals surface area contributed by atoms with Crippen LogP contribution >= 0.6 is 11.3 Å². The number of nitrogen functional groups attached to an aromatic ring is 1. The summed E-state index contributed by atoms with van der Waals surface area (Å²) >= 11 is 1.36. The summed E-state index contributed by atoms with van der Waals surface area (Å²) in [6, 6.07) is 1.75. The van der Waals surface area contributed by atoms with E-state index in [1.165, 1.54) is 11.3 Å². The van der Waals surface area contributed by atoms with Crippen molar-refractivity contribution in [1.82, 2.24) is 9.97 Å². The number of aromatic nitrogens is 2. The number of anilines is 2. The van der Waals surface area contributed by atoms with Crippen molar-refractivity contribution in [2.24, 2.45) is 0 Å². The fourth-order valence-corrected chi connectivity index (χ4v) is 2.39. The highest BCUT2D eigenvalue weighted by molar-refractivity contribution is 7.18. The molecule has 2 heterocycles. The van der Waals surface area contributed by atoms with E-state index < -0.39 is 18.8 Å². The fourth-order valence-electron chi connectivity index (χ4n) is 1.50. The first kappa shape index (κ1) is 13.8. The topological polar surface area (TPSA) is 84.1 Å². The van der Waals surface area contributed by atoms with Gasteiger partial charge in [0.25, 0.3) is 0 Å². The van der Waals surface area contributed by atoms with Gasteiger partial charge in [-0.3, -0.25) is 0 Å². The number of halogens is 3. The lowest BCUT2D eigenvalue weighted by atomic mass is 10.3. The van der Waals surface area contributed by atoms with Crippen LogP contribution in [0.3, 0.4) is 0 Å². The Bertz CT molecular complexity index is 598. The molecule has 0 spiro atoms. The highest BCUT2D eigenvalue weighted by Gasteiger charge is 2.38. The zero-order valence-electron chi connectivity index (χ0n) is 9.82. The minimum Gasteiger partial charge on any atom is -0.382 e. The van der Waals surface area contributed by atoms with Crippen LogP contribution in [0, 0.1) is 6.92 Å². The predicted molar refractivity (Wildman–Crippen MR) is 67.1 cm³/mol. The summed E-state index contributed by atoms with van der Waals surface area (Å²) in [6.07, 6.45) is -7.13. The molecule has 0 fully saturated rings. The molecule has 9 heteroatoms. The van der Waals surface area contributed by atoms with Gasteiger partial charge in [-0.15, -0.1) is 11.3 Å². The maximum absolute atomic E-state index is 12.2. The quantitative estimate of drug-likeness (QED) is 0.805. The third-order valence-corrected chi connectivity index (χ3v) is 3.32. The molecule has 2 aromatic rings. The summed E-state index contributed by atoms with van der Waals surface area (Å²) in [6.45, 7) is 1.15. The van der Waals surface area contributed by atoms with E-state index >= 15 is 0 Å². The number of rotatable bonds is 3. The van der Waals surface area contributed by atoms with Crippen LogP contribution in [0.2, 0.25) is 0 Å². The number of nitrogens with one attached hydrogen (secondary N) is 1. The normalized spacial score (nSPS) is 13.7. The number of aryl methyl sites for hydroxylation is 1. The van der Waals surface area contributed by atoms with Gasteiger partial charge in [0.1, 0.15) is 10.6 Å². The first-order chi connectivity index (χ1) is 8.77. The number of thiophene rings is 1. The Morgan fingerprint density at radius 3 is 2.79 bits per heavy atom. The molecule has 1 atom stereocenters. The molecule has 0 aliphatic carbocycles. The van der Waals surface area contributed by atoms with E-state index in [0.29, 0.717) is 10.2 Å². The molecular weight excluding hydrogens is 281 g/mol. The van der Waals surface area contributed by atoms with Crippen LogP contribution < -0.4 is 11.1 Å². The summed E-state index contributed by atoms with van der Waals surface area (Å²) in [5.74, 6) is 0.161. The molecule has 2 aromatic heterocycles. The molecular formula is C10H11F3N4OS. The average molecular weight is 292 g/mol. The van der Waals surface area contributed by atoms with Crippen LogP contribution in [0.15, 0.2) is 6.07 Å². The SMILES string of the molecule is Cc1cc2c(NCC(O)C(F)(F)F)nc(N)nc2s1. The first-order valence-corrected chi connectivity index (χ1v) is 6.11. The summed E-state index contributed by atoms with van der Waals surface area (Å²) in [5, 5.41) is 12.0. The molecule has 0 radical (unpaired) electrons. The van der Waals surface area contributed by atoms with Crippen molar-refractivity contribution in [2.75, 3.05) is 17.6 Å². The molecule has 0 saturated carbocycles. The van der Waals surface area contributed by atoms with Crippen LogP contribution in [0.5, 0.6) is 0 Å². The van der Waals surface area contributed by atoms with Crippen LogP contribution in [0.1, 0.15) is 4.88 Å². The van der Waals surface area contributed by atoms with E-state index in [1.54, 1.807) is 6.07 Å². The van der Waals surface area contributed by atoms with Gasteiger partial charge >= 0.3 is 6.18 Å².